The number of fused-ring (bicyclic) bond motifs is 1. The summed E-state index contributed by atoms with van der Waals surface area (Å²) in [6.45, 7) is 1.14. The number of benzene rings is 3. The first-order chi connectivity index (χ1) is 17.2. The smallest absolute Gasteiger partial charge is 0.230 e. The molecule has 9 heteroatoms. The monoisotopic (exact) mass is 490 g/mol. The van der Waals surface area contributed by atoms with Gasteiger partial charge in [-0.1, -0.05) is 66.4 Å². The van der Waals surface area contributed by atoms with Gasteiger partial charge < -0.3 is 14.8 Å². The maximum Gasteiger partial charge on any atom is 0.230 e. The molecule has 1 N–H and O–H groups in total. The summed E-state index contributed by atoms with van der Waals surface area (Å²) < 4.78 is 27.9. The zero-order chi connectivity index (χ0) is 24.0. The van der Waals surface area contributed by atoms with Crippen molar-refractivity contribution in [2.75, 3.05) is 18.9 Å². The van der Waals surface area contributed by atoms with Gasteiger partial charge in [-0.05, 0) is 29.8 Å². The molecule has 1 aromatic heterocycles. The van der Waals surface area contributed by atoms with Gasteiger partial charge in [0.25, 0.3) is 0 Å². The Morgan fingerprint density at radius 3 is 2.57 bits per heavy atom. The number of aromatic nitrogens is 3. The first kappa shape index (κ1) is 22.9. The van der Waals surface area contributed by atoms with Gasteiger partial charge in [0.15, 0.2) is 22.5 Å². The minimum atomic E-state index is -0.375. The Kier molecular flexibility index (Phi) is 6.94. The van der Waals surface area contributed by atoms with Crippen LogP contribution in [-0.4, -0.2) is 45.7 Å². The average Bonchev–Trinajstić information content (AvgIpc) is 3.29. The van der Waals surface area contributed by atoms with E-state index in [1.807, 2.05) is 59.2 Å². The Hall–Kier alpha value is -3.85. The van der Waals surface area contributed by atoms with Crippen LogP contribution in [-0.2, 0) is 11.3 Å². The van der Waals surface area contributed by atoms with Gasteiger partial charge >= 0.3 is 0 Å². The van der Waals surface area contributed by atoms with Gasteiger partial charge in [0, 0.05) is 0 Å². The van der Waals surface area contributed by atoms with Crippen LogP contribution in [0.5, 0.6) is 11.5 Å². The third kappa shape index (κ3) is 5.46. The van der Waals surface area contributed by atoms with Crippen molar-refractivity contribution in [2.24, 2.45) is 0 Å². The molecule has 1 unspecified atom stereocenters. The number of nitrogens with zero attached hydrogens (tertiary/aromatic N) is 3. The molecule has 0 bridgehead atoms. The second-order valence-electron chi connectivity index (χ2n) is 7.95. The van der Waals surface area contributed by atoms with Crippen LogP contribution < -0.4 is 14.8 Å². The summed E-state index contributed by atoms with van der Waals surface area (Å²) in [7, 11) is 0. The van der Waals surface area contributed by atoms with E-state index in [1.165, 1.54) is 17.8 Å². The second-order valence-corrected chi connectivity index (χ2v) is 8.89. The van der Waals surface area contributed by atoms with Gasteiger partial charge in [0.2, 0.25) is 5.91 Å². The summed E-state index contributed by atoms with van der Waals surface area (Å²) in [5, 5.41) is 11.9. The van der Waals surface area contributed by atoms with E-state index in [1.54, 1.807) is 18.2 Å². The lowest BCUT2D eigenvalue weighted by atomic mass is 10.2. The molecule has 1 atom stereocenters. The molecule has 0 spiro atoms. The molecular formula is C26H23FN4O3S. The molecule has 3 aromatic carbocycles. The zero-order valence-electron chi connectivity index (χ0n) is 18.8. The highest BCUT2D eigenvalue weighted by atomic mass is 32.2. The molecule has 1 aliphatic rings. The van der Waals surface area contributed by atoms with Crippen molar-refractivity contribution in [2.45, 2.75) is 17.8 Å². The number of halogens is 1. The summed E-state index contributed by atoms with van der Waals surface area (Å²) in [5.41, 5.74) is 1.38. The number of thioether (sulfide) groups is 1. The third-order valence-corrected chi connectivity index (χ3v) is 6.41. The van der Waals surface area contributed by atoms with Crippen molar-refractivity contribution >= 4 is 17.7 Å². The number of amides is 1. The Balaban J connectivity index is 1.25. The van der Waals surface area contributed by atoms with Gasteiger partial charge in [0.1, 0.15) is 18.5 Å². The molecule has 35 heavy (non-hydrogen) atoms. The highest BCUT2D eigenvalue weighted by Crippen LogP contribution is 2.31. The van der Waals surface area contributed by atoms with E-state index in [-0.39, 0.29) is 23.6 Å². The summed E-state index contributed by atoms with van der Waals surface area (Å²) in [6.07, 6.45) is -0.270. The Bertz CT molecular complexity index is 1310. The molecule has 0 radical (unpaired) electrons. The fourth-order valence-electron chi connectivity index (χ4n) is 3.72. The average molecular weight is 491 g/mol. The molecule has 7 nitrogen and oxygen atoms in total. The lowest BCUT2D eigenvalue weighted by Gasteiger charge is -2.26. The molecular weight excluding hydrogens is 467 g/mol. The quantitative estimate of drug-likeness (QED) is 0.374. The van der Waals surface area contributed by atoms with E-state index in [0.717, 1.165) is 5.56 Å². The maximum atomic E-state index is 14.5. The van der Waals surface area contributed by atoms with Crippen LogP contribution >= 0.6 is 11.8 Å². The molecule has 178 valence electrons. The number of carbonyl (C=O) groups excluding carboxylic acids is 1. The Morgan fingerprint density at radius 1 is 1.00 bits per heavy atom. The topological polar surface area (TPSA) is 78.3 Å². The number of para-hydroxylation sites is 2. The van der Waals surface area contributed by atoms with Crippen LogP contribution in [0.1, 0.15) is 5.56 Å². The molecule has 0 saturated heterocycles. The van der Waals surface area contributed by atoms with E-state index < -0.39 is 0 Å². The van der Waals surface area contributed by atoms with E-state index >= 15 is 0 Å². The lowest BCUT2D eigenvalue weighted by Crippen LogP contribution is -2.41. The zero-order valence-corrected chi connectivity index (χ0v) is 19.6. The van der Waals surface area contributed by atoms with Crippen LogP contribution in [0.15, 0.2) is 84.0 Å². The lowest BCUT2D eigenvalue weighted by molar-refractivity contribution is -0.119. The van der Waals surface area contributed by atoms with E-state index in [9.17, 15) is 9.18 Å². The molecule has 1 amide bonds. The first-order valence-electron chi connectivity index (χ1n) is 11.2. The summed E-state index contributed by atoms with van der Waals surface area (Å²) >= 11 is 1.25. The van der Waals surface area contributed by atoms with Gasteiger partial charge in [-0.2, -0.15) is 0 Å². The minimum absolute atomic E-state index is 0.133. The maximum absolute atomic E-state index is 14.5. The summed E-state index contributed by atoms with van der Waals surface area (Å²) in [5.74, 6) is 1.38. The number of nitrogens with one attached hydrogen (secondary N) is 1. The number of ether oxygens (including phenoxy) is 2. The highest BCUT2D eigenvalue weighted by molar-refractivity contribution is 7.99. The van der Waals surface area contributed by atoms with Crippen LogP contribution in [0, 0.1) is 5.82 Å². The number of hydrogen-bond acceptors (Lipinski definition) is 6. The van der Waals surface area contributed by atoms with Crippen molar-refractivity contribution in [3.63, 3.8) is 0 Å². The molecule has 0 aliphatic carbocycles. The largest absolute Gasteiger partial charge is 0.486 e. The highest BCUT2D eigenvalue weighted by Gasteiger charge is 2.22. The van der Waals surface area contributed by atoms with Gasteiger partial charge in [-0.3, -0.25) is 9.36 Å². The van der Waals surface area contributed by atoms with E-state index in [0.29, 0.717) is 47.7 Å². The third-order valence-electron chi connectivity index (χ3n) is 5.44. The first-order valence-corrected chi connectivity index (χ1v) is 12.2. The second kappa shape index (κ2) is 10.6. The Labute approximate surface area is 206 Å². The van der Waals surface area contributed by atoms with Crippen molar-refractivity contribution < 1.29 is 18.7 Å². The van der Waals surface area contributed by atoms with Crippen molar-refractivity contribution in [3.8, 4) is 22.9 Å². The summed E-state index contributed by atoms with van der Waals surface area (Å²) in [4.78, 5) is 12.6. The van der Waals surface area contributed by atoms with E-state index in [4.69, 9.17) is 9.47 Å². The van der Waals surface area contributed by atoms with Crippen molar-refractivity contribution in [3.05, 3.63) is 90.2 Å². The standard InChI is InChI=1S/C26H23FN4O3S/c27-21-11-5-4-10-20(21)25-29-30-26(31(25)15-18-8-2-1-3-9-18)35-17-24(32)28-14-19-16-33-22-12-6-7-13-23(22)34-19/h1-13,19H,14-17H2,(H,28,32). The van der Waals surface area contributed by atoms with Crippen molar-refractivity contribution in [1.29, 1.82) is 0 Å². The molecule has 5 rings (SSSR count). The summed E-state index contributed by atoms with van der Waals surface area (Å²) in [6, 6.07) is 23.7. The van der Waals surface area contributed by atoms with Crippen LogP contribution in [0.4, 0.5) is 4.39 Å². The van der Waals surface area contributed by atoms with E-state index in [2.05, 4.69) is 15.5 Å². The number of rotatable bonds is 8. The van der Waals surface area contributed by atoms with Crippen LogP contribution in [0.2, 0.25) is 0 Å². The van der Waals surface area contributed by atoms with Crippen LogP contribution in [0.25, 0.3) is 11.4 Å². The normalized spacial score (nSPS) is 14.5. The molecule has 0 saturated carbocycles. The molecule has 1 aliphatic heterocycles. The number of hydrogen-bond donors (Lipinski definition) is 1. The Morgan fingerprint density at radius 2 is 1.74 bits per heavy atom. The van der Waals surface area contributed by atoms with Gasteiger partial charge in [-0.25, -0.2) is 4.39 Å². The SMILES string of the molecule is O=C(CSc1nnc(-c2ccccc2F)n1Cc1ccccc1)NCC1COc2ccccc2O1. The molecule has 4 aromatic rings. The van der Waals surface area contributed by atoms with Crippen molar-refractivity contribution in [1.82, 2.24) is 20.1 Å². The predicted octanol–water partition coefficient (Wildman–Crippen LogP) is 4.18. The predicted molar refractivity (Wildman–Crippen MR) is 131 cm³/mol. The molecule has 0 fully saturated rings. The number of carbonyl (C=O) groups is 1. The van der Waals surface area contributed by atoms with Gasteiger partial charge in [0.05, 0.1) is 24.4 Å². The van der Waals surface area contributed by atoms with Crippen LogP contribution in [0.3, 0.4) is 0 Å². The molecule has 2 heterocycles. The fourth-order valence-corrected chi connectivity index (χ4v) is 4.49. The fraction of sp³-hybridized carbons (Fsp3) is 0.192. The van der Waals surface area contributed by atoms with Gasteiger partial charge in [-0.15, -0.1) is 10.2 Å². The minimum Gasteiger partial charge on any atom is -0.486 e.